The molecule has 0 radical (unpaired) electrons. The van der Waals surface area contributed by atoms with Crippen LogP contribution in [0.15, 0.2) is 12.4 Å². The van der Waals surface area contributed by atoms with Crippen molar-refractivity contribution < 1.29 is 4.74 Å². The van der Waals surface area contributed by atoms with E-state index in [4.69, 9.17) is 10.5 Å². The Balaban J connectivity index is 0.000000720. The van der Waals surface area contributed by atoms with E-state index in [9.17, 15) is 0 Å². The lowest BCUT2D eigenvalue weighted by Crippen LogP contribution is -2.31. The molecule has 0 spiro atoms. The molecule has 5 nitrogen and oxygen atoms in total. The summed E-state index contributed by atoms with van der Waals surface area (Å²) in [5.74, 6) is 0. The molecule has 0 saturated carbocycles. The molecule has 2 rings (SSSR count). The van der Waals surface area contributed by atoms with E-state index in [1.165, 1.54) is 0 Å². The Morgan fingerprint density at radius 3 is 2.62 bits per heavy atom. The second-order valence-electron chi connectivity index (χ2n) is 2.65. The van der Waals surface area contributed by atoms with Crippen molar-refractivity contribution in [2.24, 2.45) is 5.73 Å². The monoisotopic (exact) mass is 226 g/mol. The summed E-state index contributed by atoms with van der Waals surface area (Å²) in [5.41, 5.74) is 5.76. The lowest BCUT2D eigenvalue weighted by Gasteiger charge is -2.11. The van der Waals surface area contributed by atoms with Crippen LogP contribution in [0.2, 0.25) is 0 Å². The van der Waals surface area contributed by atoms with Gasteiger partial charge < -0.3 is 10.5 Å². The van der Waals surface area contributed by atoms with Gasteiger partial charge in [-0.2, -0.15) is 0 Å². The molecule has 1 aromatic heterocycles. The number of aromatic nitrogens is 3. The van der Waals surface area contributed by atoms with Gasteiger partial charge in [-0.05, 0) is 0 Å². The molecule has 1 saturated heterocycles. The van der Waals surface area contributed by atoms with Crippen molar-refractivity contribution >= 4 is 24.8 Å². The highest BCUT2D eigenvalue weighted by Gasteiger charge is 2.26. The summed E-state index contributed by atoms with van der Waals surface area (Å²) >= 11 is 0. The van der Waals surface area contributed by atoms with Gasteiger partial charge in [0.2, 0.25) is 0 Å². The molecule has 76 valence electrons. The third-order valence-electron chi connectivity index (χ3n) is 1.87. The summed E-state index contributed by atoms with van der Waals surface area (Å²) in [5, 5.41) is 7.56. The van der Waals surface area contributed by atoms with Gasteiger partial charge in [-0.1, -0.05) is 5.21 Å². The van der Waals surface area contributed by atoms with Crippen molar-refractivity contribution in [2.75, 3.05) is 13.2 Å². The first-order chi connectivity index (χ1) is 5.38. The van der Waals surface area contributed by atoms with E-state index >= 15 is 0 Å². The lowest BCUT2D eigenvalue weighted by molar-refractivity contribution is 0.183. The predicted octanol–water partition coefficient (Wildman–Crippen LogP) is 0.0203. The molecular formula is C6H12Cl2N4O. The third-order valence-corrected chi connectivity index (χ3v) is 1.87. The standard InChI is InChI=1S/C6H10N4O.2ClH/c7-5-3-11-4-6(5)10-2-1-8-9-10;;/h1-2,5-6H,3-4,7H2;2*1H/t5-,6+;;/m1../s1. The van der Waals surface area contributed by atoms with Crippen molar-refractivity contribution in [3.63, 3.8) is 0 Å². The van der Waals surface area contributed by atoms with Crippen LogP contribution in [-0.2, 0) is 4.74 Å². The van der Waals surface area contributed by atoms with Crippen LogP contribution in [0.3, 0.4) is 0 Å². The average molecular weight is 227 g/mol. The number of hydrogen-bond acceptors (Lipinski definition) is 4. The highest BCUT2D eigenvalue weighted by molar-refractivity contribution is 5.85. The smallest absolute Gasteiger partial charge is 0.0943 e. The van der Waals surface area contributed by atoms with Crippen LogP contribution in [0, 0.1) is 0 Å². The maximum Gasteiger partial charge on any atom is 0.0943 e. The zero-order valence-corrected chi connectivity index (χ0v) is 8.50. The van der Waals surface area contributed by atoms with Gasteiger partial charge in [0, 0.05) is 6.20 Å². The summed E-state index contributed by atoms with van der Waals surface area (Å²) in [6.07, 6.45) is 3.45. The van der Waals surface area contributed by atoms with Crippen LogP contribution in [0.4, 0.5) is 0 Å². The van der Waals surface area contributed by atoms with Crippen LogP contribution in [0.25, 0.3) is 0 Å². The number of ether oxygens (including phenoxy) is 1. The summed E-state index contributed by atoms with van der Waals surface area (Å²) in [7, 11) is 0. The minimum absolute atomic E-state index is 0. The highest BCUT2D eigenvalue weighted by atomic mass is 35.5. The van der Waals surface area contributed by atoms with Crippen LogP contribution < -0.4 is 5.73 Å². The molecule has 2 heterocycles. The maximum absolute atomic E-state index is 5.76. The summed E-state index contributed by atoms with van der Waals surface area (Å²) in [6, 6.07) is 0.217. The fourth-order valence-corrected chi connectivity index (χ4v) is 1.23. The fraction of sp³-hybridized carbons (Fsp3) is 0.667. The molecule has 0 aromatic carbocycles. The van der Waals surface area contributed by atoms with Gasteiger partial charge in [-0.15, -0.1) is 29.9 Å². The Morgan fingerprint density at radius 2 is 2.15 bits per heavy atom. The van der Waals surface area contributed by atoms with Gasteiger partial charge in [0.1, 0.15) is 0 Å². The molecule has 1 aliphatic rings. The molecule has 0 amide bonds. The molecule has 1 aromatic rings. The van der Waals surface area contributed by atoms with Gasteiger partial charge in [0.25, 0.3) is 0 Å². The minimum atomic E-state index is 0. The van der Waals surface area contributed by atoms with E-state index in [0.717, 1.165) is 0 Å². The van der Waals surface area contributed by atoms with Crippen molar-refractivity contribution in [2.45, 2.75) is 12.1 Å². The molecule has 1 aliphatic heterocycles. The Bertz CT molecular complexity index is 231. The van der Waals surface area contributed by atoms with Crippen molar-refractivity contribution in [3.05, 3.63) is 12.4 Å². The molecule has 1 fully saturated rings. The summed E-state index contributed by atoms with van der Waals surface area (Å²) < 4.78 is 6.93. The summed E-state index contributed by atoms with van der Waals surface area (Å²) in [6.45, 7) is 1.26. The number of rotatable bonds is 1. The molecular weight excluding hydrogens is 215 g/mol. The second kappa shape index (κ2) is 5.39. The van der Waals surface area contributed by atoms with E-state index in [1.54, 1.807) is 17.1 Å². The first-order valence-electron chi connectivity index (χ1n) is 3.57. The van der Waals surface area contributed by atoms with Crippen molar-refractivity contribution in [3.8, 4) is 0 Å². The first kappa shape index (κ1) is 12.6. The molecule has 0 unspecified atom stereocenters. The predicted molar refractivity (Wildman–Crippen MR) is 52.3 cm³/mol. The molecule has 13 heavy (non-hydrogen) atoms. The van der Waals surface area contributed by atoms with Crippen LogP contribution in [0.1, 0.15) is 6.04 Å². The van der Waals surface area contributed by atoms with Crippen molar-refractivity contribution in [1.29, 1.82) is 0 Å². The zero-order chi connectivity index (χ0) is 7.68. The van der Waals surface area contributed by atoms with Gasteiger partial charge in [-0.3, -0.25) is 0 Å². The van der Waals surface area contributed by atoms with Crippen LogP contribution >= 0.6 is 24.8 Å². The van der Waals surface area contributed by atoms with E-state index in [-0.39, 0.29) is 36.9 Å². The average Bonchev–Trinajstić information content (AvgIpc) is 2.55. The Morgan fingerprint density at radius 1 is 1.38 bits per heavy atom. The fourth-order valence-electron chi connectivity index (χ4n) is 1.23. The number of nitrogens with zero attached hydrogens (tertiary/aromatic N) is 3. The SMILES string of the molecule is Cl.Cl.N[C@@H]1COC[C@@H]1n1ccnn1. The molecule has 2 N–H and O–H groups in total. The first-order valence-corrected chi connectivity index (χ1v) is 3.57. The number of hydrogen-bond donors (Lipinski definition) is 1. The third kappa shape index (κ3) is 2.54. The van der Waals surface area contributed by atoms with Gasteiger partial charge >= 0.3 is 0 Å². The van der Waals surface area contributed by atoms with Gasteiger partial charge in [0.05, 0.1) is 31.5 Å². The van der Waals surface area contributed by atoms with E-state index < -0.39 is 0 Å². The Hall–Kier alpha value is -0.360. The van der Waals surface area contributed by atoms with Crippen molar-refractivity contribution in [1.82, 2.24) is 15.0 Å². The molecule has 0 aliphatic carbocycles. The van der Waals surface area contributed by atoms with Crippen LogP contribution in [0.5, 0.6) is 0 Å². The van der Waals surface area contributed by atoms with E-state index in [2.05, 4.69) is 10.3 Å². The molecule has 2 atom stereocenters. The Kier molecular flexibility index (Phi) is 5.24. The maximum atomic E-state index is 5.76. The largest absolute Gasteiger partial charge is 0.377 e. The van der Waals surface area contributed by atoms with Gasteiger partial charge in [-0.25, -0.2) is 4.68 Å². The topological polar surface area (TPSA) is 66.0 Å². The number of nitrogens with two attached hydrogens (primary N) is 1. The Labute approximate surface area is 88.4 Å². The quantitative estimate of drug-likeness (QED) is 0.734. The molecule has 0 bridgehead atoms. The van der Waals surface area contributed by atoms with Gasteiger partial charge in [0.15, 0.2) is 0 Å². The highest BCUT2D eigenvalue weighted by Crippen LogP contribution is 2.15. The normalized spacial score (nSPS) is 26.2. The van der Waals surface area contributed by atoms with E-state index in [1.807, 2.05) is 0 Å². The number of halogens is 2. The minimum Gasteiger partial charge on any atom is -0.377 e. The lowest BCUT2D eigenvalue weighted by atomic mass is 10.2. The zero-order valence-electron chi connectivity index (χ0n) is 6.87. The summed E-state index contributed by atoms with van der Waals surface area (Å²) in [4.78, 5) is 0. The van der Waals surface area contributed by atoms with E-state index in [0.29, 0.717) is 13.2 Å². The second-order valence-corrected chi connectivity index (χ2v) is 2.65. The van der Waals surface area contributed by atoms with Crippen LogP contribution in [-0.4, -0.2) is 34.2 Å². The molecule has 7 heteroatoms.